The van der Waals surface area contributed by atoms with E-state index in [0.29, 0.717) is 5.41 Å². The third kappa shape index (κ3) is 5.75. The molecule has 2 aromatic carbocycles. The minimum Gasteiger partial charge on any atom is -0.0646 e. The van der Waals surface area contributed by atoms with E-state index in [1.165, 1.54) is 28.7 Å². The molecule has 0 radical (unpaired) electrons. The van der Waals surface area contributed by atoms with Gasteiger partial charge in [-0.05, 0) is 43.2 Å². The van der Waals surface area contributed by atoms with Crippen LogP contribution in [0.25, 0.3) is 0 Å². The molecule has 0 aliphatic carbocycles. The normalized spacial score (nSPS) is 10.8. The van der Waals surface area contributed by atoms with Gasteiger partial charge in [0.25, 0.3) is 0 Å². The lowest BCUT2D eigenvalue weighted by molar-refractivity contribution is 0.506. The number of hydrogen-bond donors (Lipinski definition) is 0. The van der Waals surface area contributed by atoms with Gasteiger partial charge in [-0.2, -0.15) is 0 Å². The zero-order valence-corrected chi connectivity index (χ0v) is 14.5. The Balaban J connectivity index is 0.000000219. The van der Waals surface area contributed by atoms with Gasteiger partial charge in [-0.1, -0.05) is 87.4 Å². The lowest BCUT2D eigenvalue weighted by Crippen LogP contribution is -2.14. The summed E-state index contributed by atoms with van der Waals surface area (Å²) < 4.78 is 0. The fraction of sp³-hybridized carbons (Fsp3) is 0.429. The van der Waals surface area contributed by atoms with Crippen LogP contribution in [-0.2, 0) is 11.8 Å². The van der Waals surface area contributed by atoms with E-state index in [9.17, 15) is 0 Å². The summed E-state index contributed by atoms with van der Waals surface area (Å²) in [5.41, 5.74) is 5.86. The standard InChI is InChI=1S/C12H18.C9H12/c1-5-12(3,4)11-8-6-10(2)7-9-11;1-3-9-6-4-8(2)5-7-9/h6-9H,5H2,1-4H3;4-7H,3H2,1-2H3. The SMILES string of the molecule is CCC(C)(C)c1ccc(C)cc1.CCc1ccc(C)cc1. The molecular weight excluding hydrogens is 252 g/mol. The van der Waals surface area contributed by atoms with Gasteiger partial charge in [0.1, 0.15) is 0 Å². The van der Waals surface area contributed by atoms with E-state index in [1.54, 1.807) is 0 Å². The molecule has 0 heterocycles. The van der Waals surface area contributed by atoms with Crippen LogP contribution in [0.2, 0.25) is 0 Å². The summed E-state index contributed by atoms with van der Waals surface area (Å²) in [4.78, 5) is 0. The second-order valence-corrected chi connectivity index (χ2v) is 6.44. The molecule has 0 saturated heterocycles. The molecule has 0 nitrogen and oxygen atoms in total. The van der Waals surface area contributed by atoms with E-state index in [-0.39, 0.29) is 0 Å². The first-order chi connectivity index (χ1) is 9.89. The third-order valence-corrected chi connectivity index (χ3v) is 4.25. The van der Waals surface area contributed by atoms with Crippen LogP contribution in [0.3, 0.4) is 0 Å². The van der Waals surface area contributed by atoms with Crippen molar-refractivity contribution in [1.29, 1.82) is 0 Å². The highest BCUT2D eigenvalue weighted by Gasteiger charge is 2.16. The predicted octanol–water partition coefficient (Wildman–Crippen LogP) is 6.24. The van der Waals surface area contributed by atoms with Crippen molar-refractivity contribution in [2.75, 3.05) is 0 Å². The first kappa shape index (κ1) is 17.5. The molecule has 0 amide bonds. The van der Waals surface area contributed by atoms with Gasteiger partial charge in [0.15, 0.2) is 0 Å². The van der Waals surface area contributed by atoms with Crippen LogP contribution in [0, 0.1) is 13.8 Å². The summed E-state index contributed by atoms with van der Waals surface area (Å²) in [6.45, 7) is 13.2. The molecule has 0 atom stereocenters. The molecule has 0 unspecified atom stereocenters. The van der Waals surface area contributed by atoms with Gasteiger partial charge in [0, 0.05) is 0 Å². The largest absolute Gasteiger partial charge is 0.0646 e. The zero-order valence-electron chi connectivity index (χ0n) is 14.5. The van der Waals surface area contributed by atoms with Crippen molar-refractivity contribution in [2.45, 2.75) is 59.8 Å². The fourth-order valence-electron chi connectivity index (χ4n) is 2.03. The Bertz CT molecular complexity index is 515. The average molecular weight is 282 g/mol. The molecule has 0 fully saturated rings. The number of rotatable bonds is 3. The molecule has 114 valence electrons. The second kappa shape index (κ2) is 8.02. The minimum absolute atomic E-state index is 0.327. The molecule has 0 saturated carbocycles. The smallest absolute Gasteiger partial charge is 0.0106 e. The summed E-state index contributed by atoms with van der Waals surface area (Å²) in [7, 11) is 0. The summed E-state index contributed by atoms with van der Waals surface area (Å²) >= 11 is 0. The maximum Gasteiger partial charge on any atom is -0.0106 e. The summed E-state index contributed by atoms with van der Waals surface area (Å²) in [5, 5.41) is 0. The Morgan fingerprint density at radius 1 is 0.714 bits per heavy atom. The number of hydrogen-bond acceptors (Lipinski definition) is 0. The van der Waals surface area contributed by atoms with Crippen molar-refractivity contribution in [3.8, 4) is 0 Å². The van der Waals surface area contributed by atoms with E-state index in [1.807, 2.05) is 0 Å². The van der Waals surface area contributed by atoms with Gasteiger partial charge in [-0.25, -0.2) is 0 Å². The van der Waals surface area contributed by atoms with Crippen LogP contribution < -0.4 is 0 Å². The monoisotopic (exact) mass is 282 g/mol. The van der Waals surface area contributed by atoms with Gasteiger partial charge in [-0.3, -0.25) is 0 Å². The zero-order chi connectivity index (χ0) is 15.9. The molecule has 0 spiro atoms. The first-order valence-corrected chi connectivity index (χ1v) is 8.01. The van der Waals surface area contributed by atoms with Crippen molar-refractivity contribution < 1.29 is 0 Å². The lowest BCUT2D eigenvalue weighted by atomic mass is 9.82. The fourth-order valence-corrected chi connectivity index (χ4v) is 2.03. The van der Waals surface area contributed by atoms with Crippen molar-refractivity contribution in [1.82, 2.24) is 0 Å². The Hall–Kier alpha value is -1.56. The van der Waals surface area contributed by atoms with E-state index in [4.69, 9.17) is 0 Å². The molecule has 0 bridgehead atoms. The van der Waals surface area contributed by atoms with E-state index in [2.05, 4.69) is 90.1 Å². The summed E-state index contributed by atoms with van der Waals surface area (Å²) in [6.07, 6.45) is 2.33. The highest BCUT2D eigenvalue weighted by molar-refractivity contribution is 5.27. The maximum atomic E-state index is 2.29. The quantitative estimate of drug-likeness (QED) is 0.625. The minimum atomic E-state index is 0.327. The topological polar surface area (TPSA) is 0 Å². The Morgan fingerprint density at radius 2 is 1.14 bits per heavy atom. The maximum absolute atomic E-state index is 2.29. The van der Waals surface area contributed by atoms with Crippen LogP contribution >= 0.6 is 0 Å². The number of benzene rings is 2. The van der Waals surface area contributed by atoms with Crippen LogP contribution in [0.4, 0.5) is 0 Å². The Labute approximate surface area is 131 Å². The molecule has 0 N–H and O–H groups in total. The molecule has 0 aromatic heterocycles. The van der Waals surface area contributed by atoms with Crippen LogP contribution in [0.15, 0.2) is 48.5 Å². The summed E-state index contributed by atoms with van der Waals surface area (Å²) in [5.74, 6) is 0. The molecule has 0 heteroatoms. The molecule has 2 rings (SSSR count). The van der Waals surface area contributed by atoms with Crippen molar-refractivity contribution >= 4 is 0 Å². The lowest BCUT2D eigenvalue weighted by Gasteiger charge is -2.23. The van der Waals surface area contributed by atoms with Crippen LogP contribution in [0.1, 0.15) is 56.4 Å². The van der Waals surface area contributed by atoms with Crippen molar-refractivity contribution in [3.05, 3.63) is 70.8 Å². The first-order valence-electron chi connectivity index (χ1n) is 8.01. The average Bonchev–Trinajstić information content (AvgIpc) is 2.49. The van der Waals surface area contributed by atoms with Gasteiger partial charge < -0.3 is 0 Å². The predicted molar refractivity (Wildman–Crippen MR) is 95.1 cm³/mol. The van der Waals surface area contributed by atoms with E-state index >= 15 is 0 Å². The molecule has 21 heavy (non-hydrogen) atoms. The second-order valence-electron chi connectivity index (χ2n) is 6.44. The van der Waals surface area contributed by atoms with Gasteiger partial charge in [-0.15, -0.1) is 0 Å². The highest BCUT2D eigenvalue weighted by Crippen LogP contribution is 2.26. The van der Waals surface area contributed by atoms with E-state index in [0.717, 1.165) is 6.42 Å². The van der Waals surface area contributed by atoms with Crippen LogP contribution in [-0.4, -0.2) is 0 Å². The highest BCUT2D eigenvalue weighted by atomic mass is 14.2. The van der Waals surface area contributed by atoms with Gasteiger partial charge in [0.05, 0.1) is 0 Å². The van der Waals surface area contributed by atoms with Crippen molar-refractivity contribution in [3.63, 3.8) is 0 Å². The molecule has 0 aliphatic rings. The number of aryl methyl sites for hydroxylation is 3. The molecule has 0 aliphatic heterocycles. The van der Waals surface area contributed by atoms with Crippen molar-refractivity contribution in [2.24, 2.45) is 0 Å². The van der Waals surface area contributed by atoms with E-state index < -0.39 is 0 Å². The molecule has 2 aromatic rings. The molecular formula is C21H30. The Morgan fingerprint density at radius 3 is 1.52 bits per heavy atom. The Kier molecular flexibility index (Phi) is 6.68. The van der Waals surface area contributed by atoms with Gasteiger partial charge in [0.2, 0.25) is 0 Å². The van der Waals surface area contributed by atoms with Crippen LogP contribution in [0.5, 0.6) is 0 Å². The summed E-state index contributed by atoms with van der Waals surface area (Å²) in [6, 6.07) is 17.5. The van der Waals surface area contributed by atoms with Gasteiger partial charge >= 0.3 is 0 Å². The third-order valence-electron chi connectivity index (χ3n) is 4.25.